The highest BCUT2D eigenvalue weighted by atomic mass is 35.5. The van der Waals surface area contributed by atoms with Crippen LogP contribution in [0.4, 0.5) is 4.39 Å². The standard InChI is InChI=1S/C16H19ClFN5/c1-2-19-16(23-11-14-13(18)4-3-8-20-14)21-9-7-12-5-6-15(17)22-10-12/h3-6,8,10H,2,7,9,11H2,1H3,(H2,19,21,23). The minimum absolute atomic E-state index is 0.185. The Hall–Kier alpha value is -2.21. The average molecular weight is 336 g/mol. The number of hydrogen-bond donors (Lipinski definition) is 2. The Morgan fingerprint density at radius 3 is 2.83 bits per heavy atom. The van der Waals surface area contributed by atoms with Crippen LogP contribution in [0.15, 0.2) is 41.7 Å². The van der Waals surface area contributed by atoms with Gasteiger partial charge >= 0.3 is 0 Å². The number of nitrogens with one attached hydrogen (secondary N) is 2. The molecule has 2 heterocycles. The van der Waals surface area contributed by atoms with Crippen LogP contribution in [0.1, 0.15) is 18.2 Å². The Bertz CT molecular complexity index is 645. The summed E-state index contributed by atoms with van der Waals surface area (Å²) in [4.78, 5) is 12.4. The van der Waals surface area contributed by atoms with Gasteiger partial charge < -0.3 is 10.6 Å². The van der Waals surface area contributed by atoms with E-state index in [4.69, 9.17) is 11.6 Å². The lowest BCUT2D eigenvalue weighted by atomic mass is 10.2. The fourth-order valence-corrected chi connectivity index (χ4v) is 2.02. The van der Waals surface area contributed by atoms with Crippen LogP contribution in [0, 0.1) is 5.82 Å². The first-order chi connectivity index (χ1) is 11.2. The van der Waals surface area contributed by atoms with Gasteiger partial charge in [0.15, 0.2) is 5.96 Å². The Balaban J connectivity index is 1.89. The molecule has 0 radical (unpaired) electrons. The van der Waals surface area contributed by atoms with E-state index in [1.54, 1.807) is 24.5 Å². The fourth-order valence-electron chi connectivity index (χ4n) is 1.91. The van der Waals surface area contributed by atoms with Crippen LogP contribution < -0.4 is 10.6 Å². The van der Waals surface area contributed by atoms with E-state index in [0.717, 1.165) is 18.5 Å². The monoisotopic (exact) mass is 335 g/mol. The lowest BCUT2D eigenvalue weighted by Crippen LogP contribution is -2.38. The topological polar surface area (TPSA) is 62.2 Å². The van der Waals surface area contributed by atoms with Gasteiger partial charge in [-0.15, -0.1) is 0 Å². The van der Waals surface area contributed by atoms with E-state index in [9.17, 15) is 4.39 Å². The summed E-state index contributed by atoms with van der Waals surface area (Å²) in [5.74, 6) is 0.277. The predicted molar refractivity (Wildman–Crippen MR) is 90.0 cm³/mol. The van der Waals surface area contributed by atoms with Gasteiger partial charge in [0.2, 0.25) is 0 Å². The number of pyridine rings is 2. The van der Waals surface area contributed by atoms with Crippen LogP contribution in [-0.4, -0.2) is 29.0 Å². The molecule has 2 aromatic rings. The third-order valence-corrected chi connectivity index (χ3v) is 3.28. The SMILES string of the molecule is CCNC(=NCc1ncccc1F)NCCc1ccc(Cl)nc1. The van der Waals surface area contributed by atoms with Crippen molar-refractivity contribution < 1.29 is 4.39 Å². The zero-order valence-electron chi connectivity index (χ0n) is 12.9. The van der Waals surface area contributed by atoms with Crippen LogP contribution in [0.25, 0.3) is 0 Å². The molecule has 0 aromatic carbocycles. The van der Waals surface area contributed by atoms with Crippen molar-refractivity contribution in [3.63, 3.8) is 0 Å². The zero-order chi connectivity index (χ0) is 16.5. The maximum absolute atomic E-state index is 13.5. The van der Waals surface area contributed by atoms with Crippen molar-refractivity contribution in [1.29, 1.82) is 0 Å². The van der Waals surface area contributed by atoms with E-state index in [2.05, 4.69) is 25.6 Å². The normalized spacial score (nSPS) is 11.3. The van der Waals surface area contributed by atoms with Crippen molar-refractivity contribution in [2.75, 3.05) is 13.1 Å². The summed E-state index contributed by atoms with van der Waals surface area (Å²) >= 11 is 5.76. The molecule has 122 valence electrons. The number of aliphatic imine (C=N–C) groups is 1. The van der Waals surface area contributed by atoms with Gasteiger partial charge in [-0.3, -0.25) is 4.98 Å². The highest BCUT2D eigenvalue weighted by Crippen LogP contribution is 2.05. The molecule has 0 saturated heterocycles. The van der Waals surface area contributed by atoms with Gasteiger partial charge in [-0.1, -0.05) is 17.7 Å². The Labute approximate surface area is 140 Å². The van der Waals surface area contributed by atoms with E-state index >= 15 is 0 Å². The van der Waals surface area contributed by atoms with Crippen molar-refractivity contribution in [1.82, 2.24) is 20.6 Å². The van der Waals surface area contributed by atoms with Crippen molar-refractivity contribution in [3.8, 4) is 0 Å². The third-order valence-electron chi connectivity index (χ3n) is 3.06. The Morgan fingerprint density at radius 1 is 1.26 bits per heavy atom. The summed E-state index contributed by atoms with van der Waals surface area (Å²) in [6.07, 6.45) is 4.09. The van der Waals surface area contributed by atoms with Gasteiger partial charge in [0.25, 0.3) is 0 Å². The molecule has 0 aliphatic carbocycles. The number of nitrogens with zero attached hydrogens (tertiary/aromatic N) is 3. The Morgan fingerprint density at radius 2 is 2.13 bits per heavy atom. The van der Waals surface area contributed by atoms with Gasteiger partial charge in [-0.2, -0.15) is 0 Å². The molecule has 2 rings (SSSR count). The molecule has 0 atom stereocenters. The highest BCUT2D eigenvalue weighted by molar-refractivity contribution is 6.29. The zero-order valence-corrected chi connectivity index (χ0v) is 13.6. The first kappa shape index (κ1) is 17.1. The van der Waals surface area contributed by atoms with E-state index in [0.29, 0.717) is 23.4 Å². The summed E-state index contributed by atoms with van der Waals surface area (Å²) in [5, 5.41) is 6.80. The molecule has 0 aliphatic heterocycles. The predicted octanol–water partition coefficient (Wildman–Crippen LogP) is 2.57. The number of rotatable bonds is 6. The van der Waals surface area contributed by atoms with Crippen LogP contribution in [0.2, 0.25) is 5.15 Å². The largest absolute Gasteiger partial charge is 0.357 e. The van der Waals surface area contributed by atoms with E-state index < -0.39 is 0 Å². The molecule has 0 saturated carbocycles. The van der Waals surface area contributed by atoms with Gasteiger partial charge in [-0.25, -0.2) is 14.4 Å². The first-order valence-corrected chi connectivity index (χ1v) is 7.79. The minimum atomic E-state index is -0.348. The van der Waals surface area contributed by atoms with Crippen LogP contribution in [0.3, 0.4) is 0 Å². The van der Waals surface area contributed by atoms with Crippen LogP contribution in [-0.2, 0) is 13.0 Å². The van der Waals surface area contributed by atoms with Crippen molar-refractivity contribution in [2.45, 2.75) is 19.9 Å². The second kappa shape index (κ2) is 9.05. The first-order valence-electron chi connectivity index (χ1n) is 7.41. The molecule has 0 spiro atoms. The fraction of sp³-hybridized carbons (Fsp3) is 0.312. The van der Waals surface area contributed by atoms with E-state index in [-0.39, 0.29) is 12.4 Å². The smallest absolute Gasteiger partial charge is 0.191 e. The molecule has 0 fully saturated rings. The van der Waals surface area contributed by atoms with Gasteiger partial charge in [0.1, 0.15) is 11.0 Å². The second-order valence-corrected chi connectivity index (χ2v) is 5.18. The minimum Gasteiger partial charge on any atom is -0.357 e. The molecule has 0 unspecified atom stereocenters. The quantitative estimate of drug-likeness (QED) is 0.484. The molecular formula is C16H19ClFN5. The maximum atomic E-state index is 13.5. The average Bonchev–Trinajstić information content (AvgIpc) is 2.56. The molecule has 0 bridgehead atoms. The van der Waals surface area contributed by atoms with Gasteiger partial charge in [0, 0.05) is 25.5 Å². The van der Waals surface area contributed by atoms with E-state index in [1.165, 1.54) is 6.07 Å². The summed E-state index contributed by atoms with van der Waals surface area (Å²) in [6, 6.07) is 6.64. The molecule has 5 nitrogen and oxygen atoms in total. The van der Waals surface area contributed by atoms with Crippen molar-refractivity contribution in [2.24, 2.45) is 4.99 Å². The lowest BCUT2D eigenvalue weighted by molar-refractivity contribution is 0.599. The van der Waals surface area contributed by atoms with Gasteiger partial charge in [0.05, 0.1) is 12.2 Å². The van der Waals surface area contributed by atoms with Crippen molar-refractivity contribution >= 4 is 17.6 Å². The van der Waals surface area contributed by atoms with Crippen LogP contribution >= 0.6 is 11.6 Å². The summed E-state index contributed by atoms with van der Waals surface area (Å²) in [6.45, 7) is 3.56. The molecule has 2 N–H and O–H groups in total. The lowest BCUT2D eigenvalue weighted by Gasteiger charge is -2.11. The number of halogens is 2. The molecule has 0 aliphatic rings. The number of hydrogen-bond acceptors (Lipinski definition) is 3. The highest BCUT2D eigenvalue weighted by Gasteiger charge is 2.03. The third kappa shape index (κ3) is 5.83. The maximum Gasteiger partial charge on any atom is 0.191 e. The van der Waals surface area contributed by atoms with E-state index in [1.807, 2.05) is 13.0 Å². The molecule has 0 amide bonds. The summed E-state index contributed by atoms with van der Waals surface area (Å²) in [5.41, 5.74) is 1.40. The Kier molecular flexibility index (Phi) is 6.75. The van der Waals surface area contributed by atoms with Crippen LogP contribution in [0.5, 0.6) is 0 Å². The number of aromatic nitrogens is 2. The molecule has 2 aromatic heterocycles. The second-order valence-electron chi connectivity index (χ2n) is 4.79. The molecular weight excluding hydrogens is 317 g/mol. The number of guanidine groups is 1. The molecule has 7 heteroatoms. The van der Waals surface area contributed by atoms with Gasteiger partial charge in [-0.05, 0) is 37.1 Å². The van der Waals surface area contributed by atoms with Crippen molar-refractivity contribution in [3.05, 3.63) is 58.9 Å². The summed E-state index contributed by atoms with van der Waals surface area (Å²) < 4.78 is 13.5. The summed E-state index contributed by atoms with van der Waals surface area (Å²) in [7, 11) is 0. The molecule has 23 heavy (non-hydrogen) atoms.